The fourth-order valence-corrected chi connectivity index (χ4v) is 4.21. The predicted molar refractivity (Wildman–Crippen MR) is 135 cm³/mol. The zero-order valence-corrected chi connectivity index (χ0v) is 20.2. The number of carbonyl (C=O) groups excluding carboxylic acids is 1. The Bertz CT molecular complexity index is 1330. The summed E-state index contributed by atoms with van der Waals surface area (Å²) in [5, 5.41) is 7.43. The van der Waals surface area contributed by atoms with Crippen molar-refractivity contribution >= 4 is 23.4 Å². The van der Waals surface area contributed by atoms with Gasteiger partial charge in [-0.25, -0.2) is 4.79 Å². The molecule has 0 radical (unpaired) electrons. The van der Waals surface area contributed by atoms with Gasteiger partial charge in [0.05, 0.1) is 0 Å². The molecule has 1 N–H and O–H groups in total. The summed E-state index contributed by atoms with van der Waals surface area (Å²) in [5.41, 5.74) is 3.82. The lowest BCUT2D eigenvalue weighted by Gasteiger charge is -2.15. The molecule has 1 amide bonds. The molecule has 1 aliphatic rings. The van der Waals surface area contributed by atoms with E-state index in [0.29, 0.717) is 33.8 Å². The van der Waals surface area contributed by atoms with Gasteiger partial charge in [-0.15, -0.1) is 0 Å². The third-order valence-electron chi connectivity index (χ3n) is 6.01. The number of carbonyl (C=O) groups is 1. The molecule has 1 atom stereocenters. The minimum Gasteiger partial charge on any atom is -0.457 e. The molecule has 1 aromatic heterocycles. The lowest BCUT2D eigenvalue weighted by molar-refractivity contribution is 0.121. The maximum Gasteiger partial charge on any atom is 0.412 e. The number of hydrogen-bond donors (Lipinski definition) is 1. The first kappa shape index (κ1) is 23.0. The van der Waals surface area contributed by atoms with E-state index in [1.54, 1.807) is 19.9 Å². The maximum absolute atomic E-state index is 12.6. The lowest BCUT2D eigenvalue weighted by atomic mass is 10.1. The molecule has 0 spiro atoms. The Morgan fingerprint density at radius 2 is 1.69 bits per heavy atom. The molecule has 6 nitrogen and oxygen atoms in total. The van der Waals surface area contributed by atoms with E-state index in [1.807, 2.05) is 54.6 Å². The highest BCUT2D eigenvalue weighted by Crippen LogP contribution is 2.40. The predicted octanol–water partition coefficient (Wildman–Crippen LogP) is 8.28. The number of ether oxygens (including phenoxy) is 2. The van der Waals surface area contributed by atoms with E-state index in [0.717, 1.165) is 16.9 Å². The van der Waals surface area contributed by atoms with Gasteiger partial charge in [-0.05, 0) is 80.6 Å². The third kappa shape index (κ3) is 5.33. The summed E-state index contributed by atoms with van der Waals surface area (Å²) in [6.45, 7) is 3.49. The first-order valence-electron chi connectivity index (χ1n) is 11.5. The second-order valence-electron chi connectivity index (χ2n) is 8.63. The summed E-state index contributed by atoms with van der Waals surface area (Å²) in [6, 6.07) is 23.0. The van der Waals surface area contributed by atoms with Crippen LogP contribution in [0, 0.1) is 6.92 Å². The number of hydrogen-bond acceptors (Lipinski definition) is 5. The van der Waals surface area contributed by atoms with Crippen molar-refractivity contribution in [2.45, 2.75) is 38.7 Å². The van der Waals surface area contributed by atoms with Crippen LogP contribution < -0.4 is 10.1 Å². The number of benzene rings is 3. The van der Waals surface area contributed by atoms with Gasteiger partial charge in [0.25, 0.3) is 0 Å². The molecule has 3 aromatic carbocycles. The second kappa shape index (κ2) is 9.84. The van der Waals surface area contributed by atoms with Crippen LogP contribution in [-0.4, -0.2) is 11.2 Å². The fraction of sp³-hybridized carbons (Fsp3) is 0.214. The SMILES string of the molecule is Cc1onc(-c2ccc(Oc3ccc(C4CC4)cc3)cc2)c1NC(=O)O[C@H](C)c1ccccc1Cl. The van der Waals surface area contributed by atoms with Crippen molar-refractivity contribution in [1.82, 2.24) is 5.16 Å². The van der Waals surface area contributed by atoms with Gasteiger partial charge < -0.3 is 14.0 Å². The minimum absolute atomic E-state index is 0.450. The van der Waals surface area contributed by atoms with Crippen molar-refractivity contribution in [1.29, 1.82) is 0 Å². The average Bonchev–Trinajstić information content (AvgIpc) is 3.65. The van der Waals surface area contributed by atoms with Crippen molar-refractivity contribution in [2.24, 2.45) is 0 Å². The van der Waals surface area contributed by atoms with E-state index in [9.17, 15) is 4.79 Å². The number of amides is 1. The van der Waals surface area contributed by atoms with Gasteiger partial charge in [-0.3, -0.25) is 5.32 Å². The Morgan fingerprint density at radius 1 is 1.03 bits per heavy atom. The molecular weight excluding hydrogens is 464 g/mol. The molecule has 1 saturated carbocycles. The van der Waals surface area contributed by atoms with Crippen LogP contribution in [0.1, 0.15) is 48.7 Å². The van der Waals surface area contributed by atoms with E-state index in [4.69, 9.17) is 25.6 Å². The van der Waals surface area contributed by atoms with Gasteiger partial charge >= 0.3 is 6.09 Å². The summed E-state index contributed by atoms with van der Waals surface area (Å²) in [4.78, 5) is 12.6. The zero-order valence-electron chi connectivity index (χ0n) is 19.5. The van der Waals surface area contributed by atoms with E-state index < -0.39 is 12.2 Å². The molecule has 7 heteroatoms. The first-order chi connectivity index (χ1) is 17.0. The summed E-state index contributed by atoms with van der Waals surface area (Å²) < 4.78 is 16.8. The molecule has 1 aliphatic carbocycles. The van der Waals surface area contributed by atoms with Crippen molar-refractivity contribution in [2.75, 3.05) is 5.32 Å². The highest BCUT2D eigenvalue weighted by Gasteiger charge is 2.23. The van der Waals surface area contributed by atoms with Crippen LogP contribution in [0.5, 0.6) is 11.5 Å². The van der Waals surface area contributed by atoms with Crippen molar-refractivity contribution in [3.8, 4) is 22.8 Å². The second-order valence-corrected chi connectivity index (χ2v) is 9.03. The third-order valence-corrected chi connectivity index (χ3v) is 6.35. The number of aryl methyl sites for hydroxylation is 1. The molecule has 1 heterocycles. The van der Waals surface area contributed by atoms with E-state index in [1.165, 1.54) is 18.4 Å². The Kier molecular flexibility index (Phi) is 6.47. The summed E-state index contributed by atoms with van der Waals surface area (Å²) >= 11 is 6.21. The van der Waals surface area contributed by atoms with Crippen molar-refractivity contribution in [3.63, 3.8) is 0 Å². The van der Waals surface area contributed by atoms with Crippen LogP contribution in [0.4, 0.5) is 10.5 Å². The number of nitrogens with one attached hydrogen (secondary N) is 1. The normalized spacial score (nSPS) is 13.8. The quantitative estimate of drug-likeness (QED) is 0.283. The molecule has 4 aromatic rings. The van der Waals surface area contributed by atoms with Crippen LogP contribution in [0.15, 0.2) is 77.3 Å². The van der Waals surface area contributed by atoms with Crippen LogP contribution in [0.25, 0.3) is 11.3 Å². The molecule has 178 valence electrons. The largest absolute Gasteiger partial charge is 0.457 e. The van der Waals surface area contributed by atoms with Gasteiger partial charge in [0.2, 0.25) is 0 Å². The van der Waals surface area contributed by atoms with Crippen molar-refractivity contribution in [3.05, 3.63) is 94.7 Å². The highest BCUT2D eigenvalue weighted by molar-refractivity contribution is 6.31. The average molecular weight is 489 g/mol. The maximum atomic E-state index is 12.6. The van der Waals surface area contributed by atoms with E-state index in [2.05, 4.69) is 22.6 Å². The van der Waals surface area contributed by atoms with E-state index >= 15 is 0 Å². The van der Waals surface area contributed by atoms with Crippen LogP contribution in [0.3, 0.4) is 0 Å². The Hall–Kier alpha value is -3.77. The fourth-order valence-electron chi connectivity index (χ4n) is 3.92. The van der Waals surface area contributed by atoms with E-state index in [-0.39, 0.29) is 0 Å². The van der Waals surface area contributed by atoms with Gasteiger partial charge in [-0.2, -0.15) is 0 Å². The molecule has 0 aliphatic heterocycles. The standard InChI is InChI=1S/C28H25ClN2O4/c1-17(24-5-3-4-6-25(24)29)33-28(32)30-26-18(2)35-31-27(26)21-11-15-23(16-12-21)34-22-13-9-20(10-14-22)19-7-8-19/h3-6,9-17,19H,7-8H2,1-2H3,(H,30,32)/t17-/m1/s1. The molecular formula is C28H25ClN2O4. The highest BCUT2D eigenvalue weighted by atomic mass is 35.5. The number of anilines is 1. The van der Waals surface area contributed by atoms with Gasteiger partial charge in [-0.1, -0.05) is 47.1 Å². The van der Waals surface area contributed by atoms with Crippen LogP contribution >= 0.6 is 11.6 Å². The Morgan fingerprint density at radius 3 is 2.34 bits per heavy atom. The molecule has 5 rings (SSSR count). The van der Waals surface area contributed by atoms with Crippen LogP contribution in [-0.2, 0) is 4.74 Å². The molecule has 0 bridgehead atoms. The minimum atomic E-state index is -0.625. The lowest BCUT2D eigenvalue weighted by Crippen LogP contribution is -2.17. The Labute approximate surface area is 208 Å². The first-order valence-corrected chi connectivity index (χ1v) is 11.9. The monoisotopic (exact) mass is 488 g/mol. The van der Waals surface area contributed by atoms with Gasteiger partial charge in [0.1, 0.15) is 29.0 Å². The Balaban J connectivity index is 1.26. The number of aromatic nitrogens is 1. The number of nitrogens with zero attached hydrogens (tertiary/aromatic N) is 1. The molecule has 35 heavy (non-hydrogen) atoms. The topological polar surface area (TPSA) is 73.6 Å². The zero-order chi connectivity index (χ0) is 24.4. The van der Waals surface area contributed by atoms with Crippen LogP contribution in [0.2, 0.25) is 5.02 Å². The smallest absolute Gasteiger partial charge is 0.412 e. The molecule has 0 saturated heterocycles. The summed E-state index contributed by atoms with van der Waals surface area (Å²) in [5.74, 6) is 2.68. The molecule has 0 unspecified atom stereocenters. The number of halogens is 1. The van der Waals surface area contributed by atoms with Crippen molar-refractivity contribution < 1.29 is 18.8 Å². The summed E-state index contributed by atoms with van der Waals surface area (Å²) in [7, 11) is 0. The molecule has 1 fully saturated rings. The summed E-state index contributed by atoms with van der Waals surface area (Å²) in [6.07, 6.45) is 1.40. The number of rotatable bonds is 7. The van der Waals surface area contributed by atoms with Gasteiger partial charge in [0.15, 0.2) is 5.76 Å². The van der Waals surface area contributed by atoms with Gasteiger partial charge in [0, 0.05) is 16.1 Å².